The molecule has 20 heavy (non-hydrogen) atoms. The van der Waals surface area contributed by atoms with E-state index in [1.54, 1.807) is 7.05 Å². The van der Waals surface area contributed by atoms with Crippen LogP contribution in [0.2, 0.25) is 0 Å². The summed E-state index contributed by atoms with van der Waals surface area (Å²) in [5, 5.41) is 5.14. The maximum Gasteiger partial charge on any atom is 0.389 e. The van der Waals surface area contributed by atoms with Gasteiger partial charge >= 0.3 is 6.18 Å². The SMILES string of the molecule is CNC(=O)CN1CCC(NC(=O)CCC(F)(F)F)CC1. The highest BCUT2D eigenvalue weighted by Gasteiger charge is 2.29. The molecule has 0 atom stereocenters. The van der Waals surface area contributed by atoms with Gasteiger partial charge in [0.25, 0.3) is 0 Å². The molecule has 0 saturated carbocycles. The van der Waals surface area contributed by atoms with E-state index in [-0.39, 0.29) is 11.9 Å². The number of amides is 2. The van der Waals surface area contributed by atoms with Crippen molar-refractivity contribution in [3.63, 3.8) is 0 Å². The van der Waals surface area contributed by atoms with Gasteiger partial charge < -0.3 is 10.6 Å². The van der Waals surface area contributed by atoms with E-state index in [1.807, 2.05) is 4.90 Å². The Bertz CT molecular complexity index is 339. The summed E-state index contributed by atoms with van der Waals surface area (Å²) >= 11 is 0. The summed E-state index contributed by atoms with van der Waals surface area (Å²) in [6, 6.07) is -0.100. The summed E-state index contributed by atoms with van der Waals surface area (Å²) < 4.78 is 35.9. The van der Waals surface area contributed by atoms with E-state index in [0.717, 1.165) is 0 Å². The van der Waals surface area contributed by atoms with Gasteiger partial charge in [-0.05, 0) is 12.8 Å². The quantitative estimate of drug-likeness (QED) is 0.783. The summed E-state index contributed by atoms with van der Waals surface area (Å²) in [6.07, 6.45) is -4.62. The normalized spacial score (nSPS) is 17.8. The molecule has 0 aromatic heterocycles. The van der Waals surface area contributed by atoms with Crippen LogP contribution in [0.1, 0.15) is 25.7 Å². The number of halogens is 3. The van der Waals surface area contributed by atoms with Gasteiger partial charge in [0, 0.05) is 32.6 Å². The van der Waals surface area contributed by atoms with Gasteiger partial charge in [-0.2, -0.15) is 13.2 Å². The van der Waals surface area contributed by atoms with E-state index in [2.05, 4.69) is 10.6 Å². The second kappa shape index (κ2) is 7.47. The minimum absolute atomic E-state index is 0.0716. The molecule has 1 saturated heterocycles. The molecule has 0 unspecified atom stereocenters. The third kappa shape index (κ3) is 6.74. The Morgan fingerprint density at radius 2 is 1.80 bits per heavy atom. The van der Waals surface area contributed by atoms with E-state index < -0.39 is 24.9 Å². The number of alkyl halides is 3. The lowest BCUT2D eigenvalue weighted by Gasteiger charge is -2.31. The first kappa shape index (κ1) is 16.7. The van der Waals surface area contributed by atoms with E-state index in [0.29, 0.717) is 32.5 Å². The number of rotatable bonds is 5. The highest BCUT2D eigenvalue weighted by Crippen LogP contribution is 2.21. The Labute approximate surface area is 115 Å². The molecule has 1 aliphatic rings. The summed E-state index contributed by atoms with van der Waals surface area (Å²) in [5.41, 5.74) is 0. The molecule has 0 aromatic rings. The molecule has 0 bridgehead atoms. The molecule has 1 heterocycles. The number of carbonyl (C=O) groups excluding carboxylic acids is 2. The Balaban J connectivity index is 2.22. The van der Waals surface area contributed by atoms with Gasteiger partial charge in [-0.25, -0.2) is 0 Å². The van der Waals surface area contributed by atoms with Crippen LogP contribution >= 0.6 is 0 Å². The van der Waals surface area contributed by atoms with Crippen LogP contribution in [0.4, 0.5) is 13.2 Å². The fourth-order valence-corrected chi connectivity index (χ4v) is 2.07. The van der Waals surface area contributed by atoms with Crippen molar-refractivity contribution in [2.45, 2.75) is 37.9 Å². The standard InChI is InChI=1S/C12H20F3N3O2/c1-16-11(20)8-18-6-3-9(4-7-18)17-10(19)2-5-12(13,14)15/h9H,2-8H2,1H3,(H,16,20)(H,17,19). The zero-order valence-electron chi connectivity index (χ0n) is 11.4. The predicted octanol–water partition coefficient (Wildman–Crippen LogP) is 0.655. The van der Waals surface area contributed by atoms with E-state index in [9.17, 15) is 22.8 Å². The maximum absolute atomic E-state index is 12.0. The van der Waals surface area contributed by atoms with Crippen molar-refractivity contribution in [3.8, 4) is 0 Å². The van der Waals surface area contributed by atoms with Crippen LogP contribution in [0.25, 0.3) is 0 Å². The molecule has 0 spiro atoms. The third-order valence-corrected chi connectivity index (χ3v) is 3.23. The highest BCUT2D eigenvalue weighted by atomic mass is 19.4. The summed E-state index contributed by atoms with van der Waals surface area (Å²) in [4.78, 5) is 24.5. The molecule has 2 amide bonds. The van der Waals surface area contributed by atoms with E-state index in [1.165, 1.54) is 0 Å². The lowest BCUT2D eigenvalue weighted by Crippen LogP contribution is -2.47. The van der Waals surface area contributed by atoms with Crippen molar-refractivity contribution < 1.29 is 22.8 Å². The van der Waals surface area contributed by atoms with Crippen LogP contribution in [0.5, 0.6) is 0 Å². The molecule has 5 nitrogen and oxygen atoms in total. The first-order valence-electron chi connectivity index (χ1n) is 6.59. The Morgan fingerprint density at radius 1 is 1.20 bits per heavy atom. The number of nitrogens with one attached hydrogen (secondary N) is 2. The molecule has 116 valence electrons. The maximum atomic E-state index is 12.0. The van der Waals surface area contributed by atoms with Gasteiger partial charge in [0.05, 0.1) is 13.0 Å². The van der Waals surface area contributed by atoms with Gasteiger partial charge in [-0.3, -0.25) is 14.5 Å². The Hall–Kier alpha value is -1.31. The van der Waals surface area contributed by atoms with E-state index >= 15 is 0 Å². The van der Waals surface area contributed by atoms with Crippen LogP contribution in [0.3, 0.4) is 0 Å². The number of carbonyl (C=O) groups is 2. The van der Waals surface area contributed by atoms with Crippen LogP contribution < -0.4 is 10.6 Å². The van der Waals surface area contributed by atoms with Crippen molar-refractivity contribution in [2.24, 2.45) is 0 Å². The first-order chi connectivity index (χ1) is 9.30. The lowest BCUT2D eigenvalue weighted by atomic mass is 10.0. The minimum atomic E-state index is -4.30. The first-order valence-corrected chi connectivity index (χ1v) is 6.59. The van der Waals surface area contributed by atoms with Crippen molar-refractivity contribution in [1.82, 2.24) is 15.5 Å². The summed E-state index contributed by atoms with van der Waals surface area (Å²) in [7, 11) is 1.57. The zero-order valence-corrected chi connectivity index (χ0v) is 11.4. The molecular weight excluding hydrogens is 275 g/mol. The number of piperidine rings is 1. The topological polar surface area (TPSA) is 61.4 Å². The van der Waals surface area contributed by atoms with Gasteiger partial charge in [0.15, 0.2) is 0 Å². The average Bonchev–Trinajstić information content (AvgIpc) is 2.38. The van der Waals surface area contributed by atoms with Crippen molar-refractivity contribution >= 4 is 11.8 Å². The molecule has 0 radical (unpaired) electrons. The highest BCUT2D eigenvalue weighted by molar-refractivity contribution is 5.77. The predicted molar refractivity (Wildman–Crippen MR) is 67.0 cm³/mol. The molecule has 8 heteroatoms. The number of hydrogen-bond acceptors (Lipinski definition) is 3. The molecule has 1 fully saturated rings. The second-order valence-electron chi connectivity index (χ2n) is 4.91. The van der Waals surface area contributed by atoms with Gasteiger partial charge in [0.1, 0.15) is 0 Å². The fourth-order valence-electron chi connectivity index (χ4n) is 2.07. The number of likely N-dealkylation sites (N-methyl/N-ethyl adjacent to an activating group) is 1. The Morgan fingerprint density at radius 3 is 2.30 bits per heavy atom. The average molecular weight is 295 g/mol. The molecule has 1 rings (SSSR count). The molecule has 1 aliphatic heterocycles. The Kier molecular flexibility index (Phi) is 6.25. The smallest absolute Gasteiger partial charge is 0.358 e. The fraction of sp³-hybridized carbons (Fsp3) is 0.833. The van der Waals surface area contributed by atoms with Crippen molar-refractivity contribution in [1.29, 1.82) is 0 Å². The van der Waals surface area contributed by atoms with Crippen molar-refractivity contribution in [2.75, 3.05) is 26.7 Å². The second-order valence-corrected chi connectivity index (χ2v) is 4.91. The monoisotopic (exact) mass is 295 g/mol. The number of hydrogen-bond donors (Lipinski definition) is 2. The summed E-state index contributed by atoms with van der Waals surface area (Å²) in [6.45, 7) is 1.61. The van der Waals surface area contributed by atoms with E-state index in [4.69, 9.17) is 0 Å². The molecule has 0 aromatic carbocycles. The minimum Gasteiger partial charge on any atom is -0.358 e. The number of nitrogens with zero attached hydrogens (tertiary/aromatic N) is 1. The zero-order chi connectivity index (χ0) is 15.2. The van der Waals surface area contributed by atoms with Crippen molar-refractivity contribution in [3.05, 3.63) is 0 Å². The van der Waals surface area contributed by atoms with Crippen LogP contribution in [0, 0.1) is 0 Å². The summed E-state index contributed by atoms with van der Waals surface area (Å²) in [5.74, 6) is -0.635. The largest absolute Gasteiger partial charge is 0.389 e. The van der Waals surface area contributed by atoms with Crippen LogP contribution in [0.15, 0.2) is 0 Å². The van der Waals surface area contributed by atoms with Gasteiger partial charge in [0.2, 0.25) is 11.8 Å². The molecular formula is C12H20F3N3O2. The van der Waals surface area contributed by atoms with Gasteiger partial charge in [-0.1, -0.05) is 0 Å². The molecule has 2 N–H and O–H groups in total. The lowest BCUT2D eigenvalue weighted by molar-refractivity contribution is -0.144. The van der Waals surface area contributed by atoms with Gasteiger partial charge in [-0.15, -0.1) is 0 Å². The third-order valence-electron chi connectivity index (χ3n) is 3.23. The molecule has 0 aliphatic carbocycles. The van der Waals surface area contributed by atoms with Crippen LogP contribution in [-0.2, 0) is 9.59 Å². The number of likely N-dealkylation sites (tertiary alicyclic amines) is 1. The van der Waals surface area contributed by atoms with Crippen LogP contribution in [-0.4, -0.2) is 55.6 Å².